The summed E-state index contributed by atoms with van der Waals surface area (Å²) in [5.74, 6) is -0.0569. The maximum atomic E-state index is 13.3. The molecule has 2 aliphatic rings. The van der Waals surface area contributed by atoms with Crippen LogP contribution in [0.4, 0.5) is 9.59 Å². The normalized spacial score (nSPS) is 19.9. The van der Waals surface area contributed by atoms with E-state index in [4.69, 9.17) is 9.47 Å². The lowest BCUT2D eigenvalue weighted by Crippen LogP contribution is -2.47. The van der Waals surface area contributed by atoms with E-state index in [0.717, 1.165) is 18.4 Å². The summed E-state index contributed by atoms with van der Waals surface area (Å²) in [7, 11) is 0. The van der Waals surface area contributed by atoms with Gasteiger partial charge in [0.1, 0.15) is 23.9 Å². The molecular formula is C25H34N6O5. The lowest BCUT2D eigenvalue weighted by Gasteiger charge is -2.26. The van der Waals surface area contributed by atoms with Crippen molar-refractivity contribution in [1.29, 1.82) is 0 Å². The minimum Gasteiger partial charge on any atom is -0.445 e. The lowest BCUT2D eigenvalue weighted by molar-refractivity contribution is -0.134. The standard InChI is InChI=1S/C25H34N6O5/c1-25(2,3)36-23(33)26-14-19-15-31(28-27-19)20-13-21(22(32)29-11-7-8-12-29)30(16-20)24(34)35-17-18-9-5-4-6-10-18/h4-6,9-10,15,20-21H,7-8,11-14,16-17H2,1-3H3,(H,26,33)/t20-,21-/m0/s1. The molecule has 0 aliphatic carbocycles. The molecule has 3 amide bonds. The summed E-state index contributed by atoms with van der Waals surface area (Å²) in [5.41, 5.74) is 0.830. The number of carbonyl (C=O) groups is 3. The monoisotopic (exact) mass is 498 g/mol. The summed E-state index contributed by atoms with van der Waals surface area (Å²) in [6.45, 7) is 7.35. The number of ether oxygens (including phenoxy) is 2. The van der Waals surface area contributed by atoms with E-state index in [1.54, 1.807) is 31.6 Å². The fourth-order valence-electron chi connectivity index (χ4n) is 4.44. The first-order chi connectivity index (χ1) is 17.2. The van der Waals surface area contributed by atoms with Crippen molar-refractivity contribution in [2.24, 2.45) is 0 Å². The molecule has 11 heteroatoms. The molecule has 1 aromatic carbocycles. The molecule has 2 atom stereocenters. The van der Waals surface area contributed by atoms with Crippen LogP contribution in [-0.4, -0.2) is 74.2 Å². The molecule has 1 aromatic heterocycles. The predicted molar refractivity (Wildman–Crippen MR) is 130 cm³/mol. The third-order valence-corrected chi connectivity index (χ3v) is 6.17. The minimum atomic E-state index is -0.621. The third-order valence-electron chi connectivity index (χ3n) is 6.17. The second-order valence-corrected chi connectivity index (χ2v) is 10.2. The summed E-state index contributed by atoms with van der Waals surface area (Å²) < 4.78 is 12.5. The number of aromatic nitrogens is 3. The van der Waals surface area contributed by atoms with E-state index >= 15 is 0 Å². The van der Waals surface area contributed by atoms with Crippen LogP contribution in [0.25, 0.3) is 0 Å². The fourth-order valence-corrected chi connectivity index (χ4v) is 4.44. The summed E-state index contributed by atoms with van der Waals surface area (Å²) >= 11 is 0. The van der Waals surface area contributed by atoms with Crippen molar-refractivity contribution < 1.29 is 23.9 Å². The maximum absolute atomic E-state index is 13.3. The Bertz CT molecular complexity index is 1060. The van der Waals surface area contributed by atoms with E-state index in [0.29, 0.717) is 25.2 Å². The van der Waals surface area contributed by atoms with Crippen LogP contribution in [0.3, 0.4) is 0 Å². The van der Waals surface area contributed by atoms with E-state index in [9.17, 15) is 14.4 Å². The van der Waals surface area contributed by atoms with Gasteiger partial charge in [-0.3, -0.25) is 9.69 Å². The van der Waals surface area contributed by atoms with Crippen molar-refractivity contribution in [3.05, 3.63) is 47.8 Å². The van der Waals surface area contributed by atoms with Gasteiger partial charge in [-0.15, -0.1) is 5.10 Å². The number of nitrogens with one attached hydrogen (secondary N) is 1. The maximum Gasteiger partial charge on any atom is 0.410 e. The first kappa shape index (κ1) is 25.5. The second-order valence-electron chi connectivity index (χ2n) is 10.2. The van der Waals surface area contributed by atoms with Gasteiger partial charge in [0.15, 0.2) is 0 Å². The molecular weight excluding hydrogens is 464 g/mol. The van der Waals surface area contributed by atoms with Gasteiger partial charge in [-0.2, -0.15) is 0 Å². The van der Waals surface area contributed by atoms with Crippen molar-refractivity contribution >= 4 is 18.1 Å². The van der Waals surface area contributed by atoms with Crippen molar-refractivity contribution in [3.63, 3.8) is 0 Å². The van der Waals surface area contributed by atoms with Gasteiger partial charge in [-0.25, -0.2) is 14.3 Å². The summed E-state index contributed by atoms with van der Waals surface area (Å²) in [6.07, 6.45) is 3.01. The molecule has 2 fully saturated rings. The molecule has 2 aromatic rings. The second kappa shape index (κ2) is 11.0. The van der Waals surface area contributed by atoms with E-state index in [2.05, 4.69) is 15.6 Å². The molecule has 4 rings (SSSR count). The van der Waals surface area contributed by atoms with Gasteiger partial charge in [0.05, 0.1) is 18.8 Å². The number of hydrogen-bond donors (Lipinski definition) is 1. The number of benzene rings is 1. The summed E-state index contributed by atoms with van der Waals surface area (Å²) in [5, 5.41) is 11.0. The lowest BCUT2D eigenvalue weighted by atomic mass is 10.1. The molecule has 0 bridgehead atoms. The zero-order valence-electron chi connectivity index (χ0n) is 21.1. The SMILES string of the molecule is CC(C)(C)OC(=O)NCc1cn([C@H]2C[C@@H](C(=O)N3CCCC3)N(C(=O)OCc3ccccc3)C2)nn1. The minimum absolute atomic E-state index is 0.0569. The topological polar surface area (TPSA) is 119 Å². The van der Waals surface area contributed by atoms with Crippen LogP contribution in [-0.2, 0) is 27.4 Å². The molecule has 36 heavy (non-hydrogen) atoms. The molecule has 2 aliphatic heterocycles. The highest BCUT2D eigenvalue weighted by Gasteiger charge is 2.43. The molecule has 11 nitrogen and oxygen atoms in total. The van der Waals surface area contributed by atoms with Gasteiger partial charge in [0.25, 0.3) is 0 Å². The van der Waals surface area contributed by atoms with E-state index in [1.165, 1.54) is 4.90 Å². The molecule has 2 saturated heterocycles. The quantitative estimate of drug-likeness (QED) is 0.650. The van der Waals surface area contributed by atoms with Crippen LogP contribution in [0.15, 0.2) is 36.5 Å². The van der Waals surface area contributed by atoms with Crippen molar-refractivity contribution in [3.8, 4) is 0 Å². The number of likely N-dealkylation sites (tertiary alicyclic amines) is 2. The first-order valence-corrected chi connectivity index (χ1v) is 12.3. The molecule has 0 saturated carbocycles. The summed E-state index contributed by atoms with van der Waals surface area (Å²) in [4.78, 5) is 41.6. The Balaban J connectivity index is 1.41. The van der Waals surface area contributed by atoms with E-state index in [1.807, 2.05) is 35.2 Å². The highest BCUT2D eigenvalue weighted by Crippen LogP contribution is 2.30. The van der Waals surface area contributed by atoms with E-state index in [-0.39, 0.29) is 31.6 Å². The van der Waals surface area contributed by atoms with Gasteiger partial charge in [0.2, 0.25) is 5.91 Å². The number of alkyl carbamates (subject to hydrolysis) is 1. The van der Waals surface area contributed by atoms with Crippen molar-refractivity contribution in [2.45, 2.75) is 70.9 Å². The van der Waals surface area contributed by atoms with Crippen LogP contribution >= 0.6 is 0 Å². The van der Waals surface area contributed by atoms with Crippen LogP contribution in [0.5, 0.6) is 0 Å². The van der Waals surface area contributed by atoms with Gasteiger partial charge < -0.3 is 19.7 Å². The van der Waals surface area contributed by atoms with Crippen LogP contribution in [0, 0.1) is 0 Å². The Morgan fingerprint density at radius 2 is 1.83 bits per heavy atom. The van der Waals surface area contributed by atoms with Crippen LogP contribution in [0.1, 0.15) is 57.3 Å². The van der Waals surface area contributed by atoms with Gasteiger partial charge in [0, 0.05) is 26.1 Å². The summed E-state index contributed by atoms with van der Waals surface area (Å²) in [6, 6.07) is 8.57. The zero-order valence-corrected chi connectivity index (χ0v) is 21.1. The highest BCUT2D eigenvalue weighted by atomic mass is 16.6. The van der Waals surface area contributed by atoms with Crippen LogP contribution in [0.2, 0.25) is 0 Å². The van der Waals surface area contributed by atoms with Crippen molar-refractivity contribution in [2.75, 3.05) is 19.6 Å². The molecule has 0 unspecified atom stereocenters. The van der Waals surface area contributed by atoms with Crippen LogP contribution < -0.4 is 5.32 Å². The Hall–Kier alpha value is -3.63. The number of hydrogen-bond acceptors (Lipinski definition) is 7. The van der Waals surface area contributed by atoms with Gasteiger partial charge in [-0.1, -0.05) is 35.5 Å². The molecule has 3 heterocycles. The average molecular weight is 499 g/mol. The van der Waals surface area contributed by atoms with Gasteiger partial charge >= 0.3 is 12.2 Å². The zero-order chi connectivity index (χ0) is 25.7. The molecule has 194 valence electrons. The highest BCUT2D eigenvalue weighted by molar-refractivity contribution is 5.86. The molecule has 0 radical (unpaired) electrons. The molecule has 1 N–H and O–H groups in total. The first-order valence-electron chi connectivity index (χ1n) is 12.3. The Labute approximate surface area is 210 Å². The number of nitrogens with zero attached hydrogens (tertiary/aromatic N) is 5. The third kappa shape index (κ3) is 6.52. The predicted octanol–water partition coefficient (Wildman–Crippen LogP) is 2.88. The van der Waals surface area contributed by atoms with E-state index < -0.39 is 23.8 Å². The number of carbonyl (C=O) groups excluding carboxylic acids is 3. The molecule has 0 spiro atoms. The number of amides is 3. The Morgan fingerprint density at radius 3 is 2.53 bits per heavy atom. The Kier molecular flexibility index (Phi) is 7.76. The van der Waals surface area contributed by atoms with Crippen molar-refractivity contribution in [1.82, 2.24) is 30.1 Å². The average Bonchev–Trinajstić information content (AvgIpc) is 3.61. The smallest absolute Gasteiger partial charge is 0.410 e. The Morgan fingerprint density at radius 1 is 1.11 bits per heavy atom. The van der Waals surface area contributed by atoms with Gasteiger partial charge in [-0.05, 0) is 39.2 Å². The largest absolute Gasteiger partial charge is 0.445 e. The fraction of sp³-hybridized carbons (Fsp3) is 0.560. The number of rotatable bonds is 6.